The van der Waals surface area contributed by atoms with Crippen LogP contribution in [0.5, 0.6) is 0 Å². The molecule has 3 heteroatoms. The molecule has 2 aromatic rings. The van der Waals surface area contributed by atoms with Gasteiger partial charge in [0.25, 0.3) is 0 Å². The zero-order valence-electron chi connectivity index (χ0n) is 9.37. The summed E-state index contributed by atoms with van der Waals surface area (Å²) in [6, 6.07) is 15.6. The van der Waals surface area contributed by atoms with Gasteiger partial charge in [-0.25, -0.2) is 0 Å². The molecule has 0 atom stereocenters. The molecule has 0 unspecified atom stereocenters. The number of nitriles is 1. The van der Waals surface area contributed by atoms with Crippen LogP contribution in [0.3, 0.4) is 0 Å². The van der Waals surface area contributed by atoms with Crippen LogP contribution in [0.2, 0.25) is 0 Å². The molecule has 0 spiro atoms. The van der Waals surface area contributed by atoms with Crippen molar-refractivity contribution >= 4 is 27.3 Å². The highest BCUT2D eigenvalue weighted by Gasteiger charge is 2.00. The van der Waals surface area contributed by atoms with Gasteiger partial charge in [0.1, 0.15) is 0 Å². The average Bonchev–Trinajstić information content (AvgIpc) is 2.34. The number of aryl methyl sites for hydroxylation is 1. The number of nitrogens with one attached hydrogen (secondary N) is 1. The first kappa shape index (κ1) is 11.7. The van der Waals surface area contributed by atoms with Crippen LogP contribution >= 0.6 is 15.9 Å². The quantitative estimate of drug-likeness (QED) is 0.890. The van der Waals surface area contributed by atoms with Crippen molar-refractivity contribution in [2.75, 3.05) is 5.32 Å². The van der Waals surface area contributed by atoms with E-state index >= 15 is 0 Å². The van der Waals surface area contributed by atoms with E-state index in [-0.39, 0.29) is 0 Å². The monoisotopic (exact) mass is 286 g/mol. The van der Waals surface area contributed by atoms with E-state index in [1.807, 2.05) is 18.2 Å². The van der Waals surface area contributed by atoms with Crippen LogP contribution in [0.15, 0.2) is 46.9 Å². The second-order valence-electron chi connectivity index (χ2n) is 3.80. The average molecular weight is 287 g/mol. The summed E-state index contributed by atoms with van der Waals surface area (Å²) in [5, 5.41) is 12.0. The molecule has 0 saturated heterocycles. The number of nitrogens with zero attached hydrogens (tertiary/aromatic N) is 1. The van der Waals surface area contributed by atoms with Crippen LogP contribution in [-0.2, 0) is 0 Å². The molecular formula is C14H11BrN2. The third-order valence-electron chi connectivity index (χ3n) is 2.42. The van der Waals surface area contributed by atoms with Crippen LogP contribution in [0.4, 0.5) is 11.4 Å². The molecule has 0 aromatic heterocycles. The van der Waals surface area contributed by atoms with E-state index in [1.54, 1.807) is 12.1 Å². The molecule has 0 saturated carbocycles. The van der Waals surface area contributed by atoms with E-state index in [2.05, 4.69) is 46.4 Å². The van der Waals surface area contributed by atoms with E-state index in [1.165, 1.54) is 5.56 Å². The molecule has 0 fully saturated rings. The van der Waals surface area contributed by atoms with Crippen molar-refractivity contribution in [2.45, 2.75) is 6.92 Å². The van der Waals surface area contributed by atoms with Crippen molar-refractivity contribution in [2.24, 2.45) is 0 Å². The lowest BCUT2D eigenvalue weighted by atomic mass is 10.2. The molecule has 2 aromatic carbocycles. The van der Waals surface area contributed by atoms with E-state index < -0.39 is 0 Å². The molecule has 2 rings (SSSR count). The Balaban J connectivity index is 2.23. The second kappa shape index (κ2) is 5.03. The van der Waals surface area contributed by atoms with Gasteiger partial charge in [-0.05, 0) is 64.8 Å². The molecule has 0 heterocycles. The first-order valence-electron chi connectivity index (χ1n) is 5.22. The third kappa shape index (κ3) is 2.86. The number of anilines is 2. The molecule has 0 bridgehead atoms. The van der Waals surface area contributed by atoms with Crippen molar-refractivity contribution in [1.29, 1.82) is 5.26 Å². The summed E-state index contributed by atoms with van der Waals surface area (Å²) >= 11 is 3.52. The van der Waals surface area contributed by atoms with E-state index in [0.717, 1.165) is 15.8 Å². The Morgan fingerprint density at radius 1 is 1.12 bits per heavy atom. The van der Waals surface area contributed by atoms with Crippen molar-refractivity contribution in [1.82, 2.24) is 0 Å². The standard InChI is InChI=1S/C14H11BrN2/c1-10-2-7-14(13(15)8-10)17-12-5-3-11(9-16)4-6-12/h2-8,17H,1H3. The molecule has 2 nitrogen and oxygen atoms in total. The number of hydrogen-bond donors (Lipinski definition) is 1. The fourth-order valence-corrected chi connectivity index (χ4v) is 2.10. The van der Waals surface area contributed by atoms with Crippen molar-refractivity contribution in [3.05, 3.63) is 58.1 Å². The fourth-order valence-electron chi connectivity index (χ4n) is 1.51. The van der Waals surface area contributed by atoms with Crippen LogP contribution in [0.1, 0.15) is 11.1 Å². The van der Waals surface area contributed by atoms with Gasteiger partial charge in [0.05, 0.1) is 17.3 Å². The molecule has 0 aliphatic heterocycles. The van der Waals surface area contributed by atoms with Gasteiger partial charge in [0, 0.05) is 10.2 Å². The summed E-state index contributed by atoms with van der Waals surface area (Å²) in [5.74, 6) is 0. The zero-order chi connectivity index (χ0) is 12.3. The highest BCUT2D eigenvalue weighted by molar-refractivity contribution is 9.10. The summed E-state index contributed by atoms with van der Waals surface area (Å²) in [6.07, 6.45) is 0. The minimum absolute atomic E-state index is 0.665. The largest absolute Gasteiger partial charge is 0.355 e. The summed E-state index contributed by atoms with van der Waals surface area (Å²) < 4.78 is 1.03. The number of benzene rings is 2. The number of hydrogen-bond acceptors (Lipinski definition) is 2. The summed E-state index contributed by atoms with van der Waals surface area (Å²) in [4.78, 5) is 0. The molecular weight excluding hydrogens is 276 g/mol. The molecule has 0 amide bonds. The van der Waals surface area contributed by atoms with Crippen molar-refractivity contribution in [3.8, 4) is 6.07 Å². The van der Waals surface area contributed by atoms with Crippen LogP contribution < -0.4 is 5.32 Å². The van der Waals surface area contributed by atoms with Crippen LogP contribution in [-0.4, -0.2) is 0 Å². The number of rotatable bonds is 2. The fraction of sp³-hybridized carbons (Fsp3) is 0.0714. The molecule has 1 N–H and O–H groups in total. The van der Waals surface area contributed by atoms with E-state index in [0.29, 0.717) is 5.56 Å². The Labute approximate surface area is 109 Å². The second-order valence-corrected chi connectivity index (χ2v) is 4.65. The summed E-state index contributed by atoms with van der Waals surface area (Å²) in [6.45, 7) is 2.05. The summed E-state index contributed by atoms with van der Waals surface area (Å²) in [5.41, 5.74) is 3.86. The molecule has 17 heavy (non-hydrogen) atoms. The maximum absolute atomic E-state index is 8.71. The van der Waals surface area contributed by atoms with Crippen LogP contribution in [0, 0.1) is 18.3 Å². The molecule has 0 aliphatic rings. The Kier molecular flexibility index (Phi) is 3.46. The lowest BCUT2D eigenvalue weighted by molar-refractivity contribution is 1.43. The lowest BCUT2D eigenvalue weighted by Gasteiger charge is -2.09. The van der Waals surface area contributed by atoms with Crippen molar-refractivity contribution in [3.63, 3.8) is 0 Å². The first-order chi connectivity index (χ1) is 8.19. The van der Waals surface area contributed by atoms with Crippen LogP contribution in [0.25, 0.3) is 0 Å². The van der Waals surface area contributed by atoms with Gasteiger partial charge in [-0.15, -0.1) is 0 Å². The normalized spacial score (nSPS) is 9.71. The van der Waals surface area contributed by atoms with E-state index in [9.17, 15) is 0 Å². The smallest absolute Gasteiger partial charge is 0.0991 e. The van der Waals surface area contributed by atoms with Gasteiger partial charge in [-0.3, -0.25) is 0 Å². The van der Waals surface area contributed by atoms with Gasteiger partial charge >= 0.3 is 0 Å². The molecule has 84 valence electrons. The van der Waals surface area contributed by atoms with Gasteiger partial charge in [-0.1, -0.05) is 6.07 Å². The Morgan fingerprint density at radius 2 is 1.82 bits per heavy atom. The molecule has 0 radical (unpaired) electrons. The predicted octanol–water partition coefficient (Wildman–Crippen LogP) is 4.37. The minimum Gasteiger partial charge on any atom is -0.355 e. The van der Waals surface area contributed by atoms with E-state index in [4.69, 9.17) is 5.26 Å². The summed E-state index contributed by atoms with van der Waals surface area (Å²) in [7, 11) is 0. The zero-order valence-corrected chi connectivity index (χ0v) is 11.0. The van der Waals surface area contributed by atoms with Gasteiger partial charge in [0.2, 0.25) is 0 Å². The van der Waals surface area contributed by atoms with Gasteiger partial charge < -0.3 is 5.32 Å². The minimum atomic E-state index is 0.665. The lowest BCUT2D eigenvalue weighted by Crippen LogP contribution is -1.91. The van der Waals surface area contributed by atoms with Gasteiger partial charge in [0.15, 0.2) is 0 Å². The SMILES string of the molecule is Cc1ccc(Nc2ccc(C#N)cc2)c(Br)c1. The highest BCUT2D eigenvalue weighted by atomic mass is 79.9. The maximum Gasteiger partial charge on any atom is 0.0991 e. The maximum atomic E-state index is 8.71. The topological polar surface area (TPSA) is 35.8 Å². The van der Waals surface area contributed by atoms with Crippen molar-refractivity contribution < 1.29 is 0 Å². The predicted molar refractivity (Wildman–Crippen MR) is 73.3 cm³/mol. The third-order valence-corrected chi connectivity index (χ3v) is 3.07. The highest BCUT2D eigenvalue weighted by Crippen LogP contribution is 2.26. The Hall–Kier alpha value is -1.79. The molecule has 0 aliphatic carbocycles. The number of halogens is 1. The Morgan fingerprint density at radius 3 is 2.41 bits per heavy atom. The van der Waals surface area contributed by atoms with Gasteiger partial charge in [-0.2, -0.15) is 5.26 Å². The first-order valence-corrected chi connectivity index (χ1v) is 6.01. The Bertz CT molecular complexity index is 568.